The van der Waals surface area contributed by atoms with Crippen molar-refractivity contribution >= 4 is 5.91 Å². The van der Waals surface area contributed by atoms with E-state index in [1.807, 2.05) is 0 Å². The number of halogens is 2. The molecule has 0 fully saturated rings. The highest BCUT2D eigenvalue weighted by Gasteiger charge is 2.08. The van der Waals surface area contributed by atoms with Crippen LogP contribution in [0.5, 0.6) is 0 Å². The third-order valence-electron chi connectivity index (χ3n) is 2.74. The lowest BCUT2D eigenvalue weighted by molar-refractivity contribution is -0.121. The van der Waals surface area contributed by atoms with Crippen molar-refractivity contribution < 1.29 is 18.3 Å². The average Bonchev–Trinajstić information content (AvgIpc) is 2.33. The van der Waals surface area contributed by atoms with Crippen LogP contribution in [0.1, 0.15) is 32.6 Å². The van der Waals surface area contributed by atoms with Gasteiger partial charge in [-0.15, -0.1) is 0 Å². The van der Waals surface area contributed by atoms with Gasteiger partial charge in [0.05, 0.1) is 6.61 Å². The van der Waals surface area contributed by atoms with Gasteiger partial charge in [-0.2, -0.15) is 0 Å². The zero-order valence-electron chi connectivity index (χ0n) is 11.0. The Morgan fingerprint density at radius 1 is 1.39 bits per heavy atom. The quantitative estimate of drug-likeness (QED) is 0.558. The van der Waals surface area contributed by atoms with E-state index in [9.17, 15) is 13.6 Å². The second-order valence-electron chi connectivity index (χ2n) is 4.21. The van der Waals surface area contributed by atoms with E-state index in [0.717, 1.165) is 19.3 Å². The van der Waals surface area contributed by atoms with Gasteiger partial charge in [0.15, 0.2) is 0 Å². The van der Waals surface area contributed by atoms with Crippen molar-refractivity contribution in [1.29, 1.82) is 0 Å². The molecule has 0 aliphatic rings. The topological polar surface area (TPSA) is 64.4 Å². The van der Waals surface area contributed by atoms with Crippen LogP contribution >= 0.6 is 0 Å². The first-order chi connectivity index (χ1) is 8.60. The van der Waals surface area contributed by atoms with Gasteiger partial charge in [0.2, 0.25) is 5.91 Å². The zero-order chi connectivity index (χ0) is 13.8. The van der Waals surface area contributed by atoms with Crippen LogP contribution in [0.25, 0.3) is 0 Å². The highest BCUT2D eigenvalue weighted by molar-refractivity contribution is 5.75. The number of alkyl halides is 2. The van der Waals surface area contributed by atoms with Gasteiger partial charge in [-0.05, 0) is 25.3 Å². The smallest absolute Gasteiger partial charge is 0.261 e. The second kappa shape index (κ2) is 11.3. The molecule has 1 atom stereocenters. The molecule has 0 aromatic heterocycles. The lowest BCUT2D eigenvalue weighted by Gasteiger charge is -2.13. The minimum Gasteiger partial charge on any atom is -0.374 e. The monoisotopic (exact) mass is 266 g/mol. The Morgan fingerprint density at radius 3 is 2.67 bits per heavy atom. The van der Waals surface area contributed by atoms with E-state index >= 15 is 0 Å². The summed E-state index contributed by atoms with van der Waals surface area (Å²) in [6, 6.07) is 0. The van der Waals surface area contributed by atoms with E-state index < -0.39 is 13.0 Å². The van der Waals surface area contributed by atoms with Crippen molar-refractivity contribution in [1.82, 2.24) is 5.32 Å². The summed E-state index contributed by atoms with van der Waals surface area (Å²) in [6.45, 7) is 2.54. The summed E-state index contributed by atoms with van der Waals surface area (Å²) in [7, 11) is 0. The average molecular weight is 266 g/mol. The summed E-state index contributed by atoms with van der Waals surface area (Å²) in [5.41, 5.74) is 5.47. The number of nitrogens with one attached hydrogen (secondary N) is 1. The molecule has 1 unspecified atom stereocenters. The number of carbonyl (C=O) groups excluding carboxylic acids is 1. The van der Waals surface area contributed by atoms with Crippen molar-refractivity contribution in [2.45, 2.75) is 39.0 Å². The lowest BCUT2D eigenvalue weighted by atomic mass is 9.96. The number of carbonyl (C=O) groups is 1. The molecule has 0 rings (SSSR count). The van der Waals surface area contributed by atoms with Crippen molar-refractivity contribution in [3.63, 3.8) is 0 Å². The van der Waals surface area contributed by atoms with E-state index in [1.54, 1.807) is 0 Å². The molecule has 0 saturated carbocycles. The molecule has 0 saturated heterocycles. The minimum absolute atomic E-state index is 0.0638. The van der Waals surface area contributed by atoms with Gasteiger partial charge in [0.1, 0.15) is 6.61 Å². The molecule has 108 valence electrons. The fraction of sp³-hybridized carbons (Fsp3) is 0.917. The third-order valence-corrected chi connectivity index (χ3v) is 2.74. The van der Waals surface area contributed by atoms with Crippen LogP contribution in [-0.4, -0.2) is 38.6 Å². The molecule has 0 aromatic carbocycles. The number of nitrogens with two attached hydrogens (primary N) is 1. The molecule has 0 spiro atoms. The first-order valence-electron chi connectivity index (χ1n) is 6.42. The second-order valence-corrected chi connectivity index (χ2v) is 4.21. The molecule has 0 aliphatic carbocycles. The molecule has 3 N–H and O–H groups in total. The summed E-state index contributed by atoms with van der Waals surface area (Å²) < 4.78 is 28.1. The van der Waals surface area contributed by atoms with Crippen LogP contribution in [0.3, 0.4) is 0 Å². The van der Waals surface area contributed by atoms with E-state index in [-0.39, 0.29) is 19.1 Å². The Morgan fingerprint density at radius 2 is 2.11 bits per heavy atom. The summed E-state index contributed by atoms with van der Waals surface area (Å²) in [4.78, 5) is 11.4. The normalized spacial score (nSPS) is 12.7. The maximum atomic E-state index is 11.7. The third kappa shape index (κ3) is 10.4. The maximum Gasteiger partial charge on any atom is 0.261 e. The molecule has 4 nitrogen and oxygen atoms in total. The predicted molar refractivity (Wildman–Crippen MR) is 66.5 cm³/mol. The van der Waals surface area contributed by atoms with Crippen molar-refractivity contribution in [3.8, 4) is 0 Å². The Labute approximate surface area is 107 Å². The van der Waals surface area contributed by atoms with Gasteiger partial charge in [-0.3, -0.25) is 4.79 Å². The minimum atomic E-state index is -2.46. The number of ether oxygens (including phenoxy) is 1. The molecule has 0 heterocycles. The predicted octanol–water partition coefficient (Wildman–Crippen LogP) is 1.54. The molecule has 0 aliphatic heterocycles. The standard InChI is InChI=1S/C12H24F2N2O2/c1-2-10(5-6-15)3-4-12(17)16-7-8-18-9-11(13)14/h10-11H,2-9,15H2,1H3,(H,16,17). The van der Waals surface area contributed by atoms with Gasteiger partial charge >= 0.3 is 0 Å². The van der Waals surface area contributed by atoms with Crippen LogP contribution in [-0.2, 0) is 9.53 Å². The SMILES string of the molecule is CCC(CCN)CCC(=O)NCCOCC(F)F. The first-order valence-corrected chi connectivity index (χ1v) is 6.42. The van der Waals surface area contributed by atoms with E-state index in [2.05, 4.69) is 17.0 Å². The molecule has 0 bridgehead atoms. The maximum absolute atomic E-state index is 11.7. The largest absolute Gasteiger partial charge is 0.374 e. The lowest BCUT2D eigenvalue weighted by Crippen LogP contribution is -2.28. The van der Waals surface area contributed by atoms with Crippen LogP contribution in [0.4, 0.5) is 8.78 Å². The molecule has 18 heavy (non-hydrogen) atoms. The van der Waals surface area contributed by atoms with Crippen LogP contribution in [0.15, 0.2) is 0 Å². The molecule has 6 heteroatoms. The molecule has 0 aromatic rings. The van der Waals surface area contributed by atoms with Gasteiger partial charge in [0.25, 0.3) is 6.43 Å². The van der Waals surface area contributed by atoms with Crippen molar-refractivity contribution in [2.24, 2.45) is 11.7 Å². The van der Waals surface area contributed by atoms with Gasteiger partial charge in [-0.25, -0.2) is 8.78 Å². The van der Waals surface area contributed by atoms with Crippen LogP contribution in [0, 0.1) is 5.92 Å². The number of hydrogen-bond acceptors (Lipinski definition) is 3. The highest BCUT2D eigenvalue weighted by atomic mass is 19.3. The van der Waals surface area contributed by atoms with Gasteiger partial charge < -0.3 is 15.8 Å². The Bertz CT molecular complexity index is 216. The Kier molecular flexibility index (Phi) is 10.9. The molecular formula is C12H24F2N2O2. The van der Waals surface area contributed by atoms with Crippen LogP contribution in [0.2, 0.25) is 0 Å². The van der Waals surface area contributed by atoms with Crippen LogP contribution < -0.4 is 11.1 Å². The summed E-state index contributed by atoms with van der Waals surface area (Å²) in [6.07, 6.45) is 0.760. The fourth-order valence-corrected chi connectivity index (χ4v) is 1.65. The Balaban J connectivity index is 3.47. The number of amides is 1. The number of hydrogen-bond donors (Lipinski definition) is 2. The molecule has 1 amide bonds. The summed E-state index contributed by atoms with van der Waals surface area (Å²) in [5, 5.41) is 2.64. The molecule has 0 radical (unpaired) electrons. The Hall–Kier alpha value is -0.750. The number of rotatable bonds is 11. The summed E-state index contributed by atoms with van der Waals surface area (Å²) >= 11 is 0. The fourth-order valence-electron chi connectivity index (χ4n) is 1.65. The van der Waals surface area contributed by atoms with Crippen molar-refractivity contribution in [3.05, 3.63) is 0 Å². The van der Waals surface area contributed by atoms with Crippen molar-refractivity contribution in [2.75, 3.05) is 26.3 Å². The van der Waals surface area contributed by atoms with Gasteiger partial charge in [-0.1, -0.05) is 13.3 Å². The van der Waals surface area contributed by atoms with E-state index in [1.165, 1.54) is 0 Å². The summed E-state index contributed by atoms with van der Waals surface area (Å²) in [5.74, 6) is 0.418. The van der Waals surface area contributed by atoms with Gasteiger partial charge in [0, 0.05) is 13.0 Å². The first kappa shape index (κ1) is 17.2. The highest BCUT2D eigenvalue weighted by Crippen LogP contribution is 2.14. The van der Waals surface area contributed by atoms with E-state index in [4.69, 9.17) is 5.73 Å². The zero-order valence-corrected chi connectivity index (χ0v) is 11.0. The molecular weight excluding hydrogens is 242 g/mol. The van der Waals surface area contributed by atoms with E-state index in [0.29, 0.717) is 18.9 Å².